The smallest absolute Gasteiger partial charge is 0.337 e. The molecule has 0 bridgehead atoms. The lowest BCUT2D eigenvalue weighted by molar-refractivity contribution is 0.0697. The second kappa shape index (κ2) is 5.80. The van der Waals surface area contributed by atoms with Crippen molar-refractivity contribution in [2.24, 2.45) is 5.11 Å². The Balaban J connectivity index is 3.04. The molecule has 0 aliphatic heterocycles. The molecule has 5 nitrogen and oxygen atoms in total. The number of aromatic carboxylic acids is 1. The van der Waals surface area contributed by atoms with Crippen LogP contribution >= 0.6 is 11.6 Å². The highest BCUT2D eigenvalue weighted by Gasteiger charge is 2.11. The highest BCUT2D eigenvalue weighted by molar-refractivity contribution is 6.33. The SMILES string of the molecule is [N-]=[N+]=NCC=Cc1cccc(Cl)c1C(=O)O. The first-order valence-corrected chi connectivity index (χ1v) is 4.74. The van der Waals surface area contributed by atoms with Crippen LogP contribution in [0.5, 0.6) is 0 Å². The summed E-state index contributed by atoms with van der Waals surface area (Å²) in [4.78, 5) is 13.5. The fourth-order valence-electron chi connectivity index (χ4n) is 1.17. The van der Waals surface area contributed by atoms with Gasteiger partial charge in [0.2, 0.25) is 0 Å². The van der Waals surface area contributed by atoms with Crippen LogP contribution in [0.3, 0.4) is 0 Å². The largest absolute Gasteiger partial charge is 0.478 e. The van der Waals surface area contributed by atoms with Gasteiger partial charge in [0.25, 0.3) is 0 Å². The molecule has 1 rings (SSSR count). The standard InChI is InChI=1S/C10H8ClN3O2/c11-8-5-1-3-7(9(8)10(15)16)4-2-6-13-14-12/h1-5H,6H2,(H,15,16). The fraction of sp³-hybridized carbons (Fsp3) is 0.100. The van der Waals surface area contributed by atoms with Crippen molar-refractivity contribution in [1.82, 2.24) is 0 Å². The molecule has 0 saturated heterocycles. The van der Waals surface area contributed by atoms with E-state index in [-0.39, 0.29) is 17.1 Å². The van der Waals surface area contributed by atoms with E-state index >= 15 is 0 Å². The van der Waals surface area contributed by atoms with Gasteiger partial charge in [0.05, 0.1) is 10.6 Å². The molecule has 0 aliphatic carbocycles. The lowest BCUT2D eigenvalue weighted by Gasteiger charge is -2.02. The van der Waals surface area contributed by atoms with E-state index in [1.54, 1.807) is 24.3 Å². The first-order chi connectivity index (χ1) is 7.66. The molecule has 1 N–H and O–H groups in total. The third-order valence-corrected chi connectivity index (χ3v) is 2.12. The number of carboxylic acid groups (broad SMARTS) is 1. The molecule has 0 saturated carbocycles. The number of halogens is 1. The average molecular weight is 238 g/mol. The monoisotopic (exact) mass is 237 g/mol. The summed E-state index contributed by atoms with van der Waals surface area (Å²) in [5, 5.41) is 12.4. The van der Waals surface area contributed by atoms with Gasteiger partial charge in [-0.15, -0.1) is 0 Å². The Bertz CT molecular complexity index is 479. The zero-order valence-corrected chi connectivity index (χ0v) is 8.92. The molecule has 0 atom stereocenters. The van der Waals surface area contributed by atoms with Crippen molar-refractivity contribution in [3.63, 3.8) is 0 Å². The van der Waals surface area contributed by atoms with Crippen molar-refractivity contribution in [2.45, 2.75) is 0 Å². The zero-order chi connectivity index (χ0) is 12.0. The van der Waals surface area contributed by atoms with Gasteiger partial charge in [0, 0.05) is 11.5 Å². The number of carbonyl (C=O) groups is 1. The average Bonchev–Trinajstić information content (AvgIpc) is 2.24. The Labute approximate surface area is 96.6 Å². The van der Waals surface area contributed by atoms with E-state index in [9.17, 15) is 4.79 Å². The van der Waals surface area contributed by atoms with Gasteiger partial charge >= 0.3 is 5.97 Å². The Morgan fingerprint density at radius 3 is 3.00 bits per heavy atom. The summed E-state index contributed by atoms with van der Waals surface area (Å²) in [5.74, 6) is -1.09. The van der Waals surface area contributed by atoms with Gasteiger partial charge in [-0.05, 0) is 17.2 Å². The number of carboxylic acids is 1. The minimum Gasteiger partial charge on any atom is -0.478 e. The number of benzene rings is 1. The molecule has 0 fully saturated rings. The van der Waals surface area contributed by atoms with E-state index in [1.165, 1.54) is 6.07 Å². The van der Waals surface area contributed by atoms with Crippen LogP contribution in [0.2, 0.25) is 5.02 Å². The van der Waals surface area contributed by atoms with Crippen molar-refractivity contribution >= 4 is 23.6 Å². The van der Waals surface area contributed by atoms with Crippen molar-refractivity contribution in [3.8, 4) is 0 Å². The molecule has 6 heteroatoms. The number of hydrogen-bond donors (Lipinski definition) is 1. The van der Waals surface area contributed by atoms with Crippen LogP contribution in [0.1, 0.15) is 15.9 Å². The molecule has 0 spiro atoms. The minimum atomic E-state index is -1.09. The van der Waals surface area contributed by atoms with Crippen molar-refractivity contribution in [3.05, 3.63) is 50.9 Å². The van der Waals surface area contributed by atoms with Crippen molar-refractivity contribution < 1.29 is 9.90 Å². The molecule has 82 valence electrons. The zero-order valence-electron chi connectivity index (χ0n) is 8.17. The highest BCUT2D eigenvalue weighted by atomic mass is 35.5. The minimum absolute atomic E-state index is 0.0429. The third-order valence-electron chi connectivity index (χ3n) is 1.81. The quantitative estimate of drug-likeness (QED) is 0.494. The molecule has 0 aliphatic rings. The Hall–Kier alpha value is -1.97. The maximum atomic E-state index is 10.9. The molecule has 0 aromatic heterocycles. The lowest BCUT2D eigenvalue weighted by Crippen LogP contribution is -2.00. The van der Waals surface area contributed by atoms with Crippen LogP contribution in [0.25, 0.3) is 16.5 Å². The van der Waals surface area contributed by atoms with Crippen LogP contribution in [-0.2, 0) is 0 Å². The van der Waals surface area contributed by atoms with Crippen LogP contribution in [0.15, 0.2) is 29.4 Å². The normalized spacial score (nSPS) is 10.1. The Kier molecular flexibility index (Phi) is 4.39. The van der Waals surface area contributed by atoms with Gasteiger partial charge in [-0.25, -0.2) is 4.79 Å². The molecule has 0 amide bonds. The van der Waals surface area contributed by atoms with Gasteiger partial charge in [-0.1, -0.05) is 41.0 Å². The Morgan fingerprint density at radius 1 is 1.62 bits per heavy atom. The van der Waals surface area contributed by atoms with Gasteiger partial charge in [-0.3, -0.25) is 0 Å². The van der Waals surface area contributed by atoms with Crippen molar-refractivity contribution in [1.29, 1.82) is 0 Å². The number of azide groups is 1. The molecule has 1 aromatic carbocycles. The molecular weight excluding hydrogens is 230 g/mol. The second-order valence-corrected chi connectivity index (χ2v) is 3.23. The molecule has 0 heterocycles. The number of hydrogen-bond acceptors (Lipinski definition) is 2. The van der Waals surface area contributed by atoms with E-state index in [1.807, 2.05) is 0 Å². The summed E-state index contributed by atoms with van der Waals surface area (Å²) in [6.45, 7) is 0.169. The third kappa shape index (κ3) is 3.02. The van der Waals surface area contributed by atoms with Crippen LogP contribution < -0.4 is 0 Å². The lowest BCUT2D eigenvalue weighted by atomic mass is 10.1. The van der Waals surface area contributed by atoms with Crippen LogP contribution in [0, 0.1) is 0 Å². The molecule has 16 heavy (non-hydrogen) atoms. The summed E-state index contributed by atoms with van der Waals surface area (Å²) in [7, 11) is 0. The topological polar surface area (TPSA) is 86.1 Å². The maximum absolute atomic E-state index is 10.9. The van der Waals surface area contributed by atoms with E-state index in [0.29, 0.717) is 5.56 Å². The molecular formula is C10H8ClN3O2. The van der Waals surface area contributed by atoms with Gasteiger partial charge < -0.3 is 5.11 Å². The summed E-state index contributed by atoms with van der Waals surface area (Å²) in [6, 6.07) is 4.79. The second-order valence-electron chi connectivity index (χ2n) is 2.83. The highest BCUT2D eigenvalue weighted by Crippen LogP contribution is 2.21. The van der Waals surface area contributed by atoms with Crippen LogP contribution in [-0.4, -0.2) is 17.6 Å². The number of nitrogens with zero attached hydrogens (tertiary/aromatic N) is 3. The van der Waals surface area contributed by atoms with Gasteiger partial charge in [0.1, 0.15) is 0 Å². The Morgan fingerprint density at radius 2 is 2.38 bits per heavy atom. The predicted octanol–water partition coefficient (Wildman–Crippen LogP) is 3.36. The molecule has 0 unspecified atom stereocenters. The summed E-state index contributed by atoms with van der Waals surface area (Å²) >= 11 is 5.77. The van der Waals surface area contributed by atoms with E-state index in [4.69, 9.17) is 22.2 Å². The van der Waals surface area contributed by atoms with E-state index < -0.39 is 5.97 Å². The molecule has 0 radical (unpaired) electrons. The van der Waals surface area contributed by atoms with Gasteiger partial charge in [0.15, 0.2) is 0 Å². The molecule has 1 aromatic rings. The van der Waals surface area contributed by atoms with Crippen molar-refractivity contribution in [2.75, 3.05) is 6.54 Å². The maximum Gasteiger partial charge on any atom is 0.337 e. The van der Waals surface area contributed by atoms with Gasteiger partial charge in [-0.2, -0.15) is 0 Å². The predicted molar refractivity (Wildman–Crippen MR) is 61.5 cm³/mol. The first kappa shape index (κ1) is 12.1. The van der Waals surface area contributed by atoms with E-state index in [2.05, 4.69) is 10.0 Å². The summed E-state index contributed by atoms with van der Waals surface area (Å²) in [6.07, 6.45) is 3.13. The summed E-state index contributed by atoms with van der Waals surface area (Å²) < 4.78 is 0. The van der Waals surface area contributed by atoms with E-state index in [0.717, 1.165) is 0 Å². The first-order valence-electron chi connectivity index (χ1n) is 4.36. The summed E-state index contributed by atoms with van der Waals surface area (Å²) in [5.41, 5.74) is 8.58. The fourth-order valence-corrected chi connectivity index (χ4v) is 1.43. The number of rotatable bonds is 4. The van der Waals surface area contributed by atoms with Crippen LogP contribution in [0.4, 0.5) is 0 Å².